The largest absolute Gasteiger partial charge is 0.497 e. The Kier molecular flexibility index (Phi) is 8.07. The summed E-state index contributed by atoms with van der Waals surface area (Å²) in [6.07, 6.45) is 3.00. The molecule has 174 valence electrons. The summed E-state index contributed by atoms with van der Waals surface area (Å²) in [6.45, 7) is 3.38. The number of nitrogens with zero attached hydrogens (tertiary/aromatic N) is 3. The number of hydrogen-bond donors (Lipinski definition) is 2. The maximum Gasteiger partial charge on any atom is 0.273 e. The third-order valence-electron chi connectivity index (χ3n) is 4.84. The summed E-state index contributed by atoms with van der Waals surface area (Å²) < 4.78 is 10.3. The predicted octanol–water partition coefficient (Wildman–Crippen LogP) is 3.24. The average Bonchev–Trinajstić information content (AvgIpc) is 2.84. The number of hydrazone groups is 2. The van der Waals surface area contributed by atoms with E-state index in [2.05, 4.69) is 26.0 Å². The van der Waals surface area contributed by atoms with Crippen LogP contribution in [-0.2, 0) is 0 Å². The first-order chi connectivity index (χ1) is 16.4. The number of ether oxygens (including phenoxy) is 2. The fourth-order valence-electron chi connectivity index (χ4n) is 3.08. The molecule has 1 heterocycles. The molecule has 0 aliphatic rings. The molecule has 0 unspecified atom stereocenters. The highest BCUT2D eigenvalue weighted by Crippen LogP contribution is 2.14. The minimum atomic E-state index is -0.488. The topological polar surface area (TPSA) is 114 Å². The summed E-state index contributed by atoms with van der Waals surface area (Å²) in [5.41, 5.74) is 7.85. The van der Waals surface area contributed by atoms with Crippen LogP contribution in [0.15, 0.2) is 64.8 Å². The van der Waals surface area contributed by atoms with E-state index in [4.69, 9.17) is 9.47 Å². The van der Waals surface area contributed by atoms with E-state index in [-0.39, 0.29) is 11.1 Å². The molecule has 0 saturated carbocycles. The lowest BCUT2D eigenvalue weighted by atomic mass is 10.1. The summed E-state index contributed by atoms with van der Waals surface area (Å²) in [5.74, 6) is 0.383. The number of carbonyl (C=O) groups excluding carboxylic acids is 2. The number of methoxy groups -OCH3 is 2. The van der Waals surface area contributed by atoms with Crippen LogP contribution in [0.25, 0.3) is 0 Å². The van der Waals surface area contributed by atoms with E-state index in [0.717, 1.165) is 11.1 Å². The number of amides is 2. The van der Waals surface area contributed by atoms with Gasteiger partial charge < -0.3 is 9.47 Å². The van der Waals surface area contributed by atoms with Crippen molar-refractivity contribution in [3.05, 3.63) is 88.2 Å². The van der Waals surface area contributed by atoms with Crippen LogP contribution in [0.5, 0.6) is 11.5 Å². The van der Waals surface area contributed by atoms with Gasteiger partial charge in [0.25, 0.3) is 11.8 Å². The molecule has 0 bridgehead atoms. The summed E-state index contributed by atoms with van der Waals surface area (Å²) in [7, 11) is 3.14. The highest BCUT2D eigenvalue weighted by molar-refractivity contribution is 6.01. The molecule has 2 amide bonds. The first kappa shape index (κ1) is 24.1. The Hall–Kier alpha value is -4.53. The summed E-state index contributed by atoms with van der Waals surface area (Å²) >= 11 is 0. The van der Waals surface area contributed by atoms with Crippen LogP contribution < -0.4 is 20.3 Å². The van der Waals surface area contributed by atoms with Gasteiger partial charge >= 0.3 is 0 Å². The van der Waals surface area contributed by atoms with Gasteiger partial charge in [0.15, 0.2) is 0 Å². The first-order valence-corrected chi connectivity index (χ1v) is 10.3. The van der Waals surface area contributed by atoms with E-state index in [0.29, 0.717) is 22.9 Å². The minimum Gasteiger partial charge on any atom is -0.497 e. The molecule has 0 aliphatic heterocycles. The zero-order valence-corrected chi connectivity index (χ0v) is 19.3. The van der Waals surface area contributed by atoms with Crippen LogP contribution in [-0.4, -0.2) is 43.4 Å². The molecule has 0 saturated heterocycles. The van der Waals surface area contributed by atoms with Crippen molar-refractivity contribution < 1.29 is 19.1 Å². The van der Waals surface area contributed by atoms with Crippen molar-refractivity contribution in [2.24, 2.45) is 10.2 Å². The Balaban J connectivity index is 1.70. The molecule has 0 aliphatic carbocycles. The number of pyridine rings is 1. The Bertz CT molecular complexity index is 1160. The summed E-state index contributed by atoms with van der Waals surface area (Å²) in [6, 6.07) is 15.9. The van der Waals surface area contributed by atoms with Gasteiger partial charge in [0.1, 0.15) is 11.5 Å². The zero-order valence-electron chi connectivity index (χ0n) is 19.3. The SMILES string of the molecule is COc1cccc(C=NNC(=O)c2cc(C(=O)NN=Cc3cccc(OC)c3)c(C)nc2C)c1. The molecule has 0 fully saturated rings. The highest BCUT2D eigenvalue weighted by Gasteiger charge is 2.17. The number of benzene rings is 2. The lowest BCUT2D eigenvalue weighted by Gasteiger charge is -2.09. The van der Waals surface area contributed by atoms with Crippen molar-refractivity contribution in [2.45, 2.75) is 13.8 Å². The van der Waals surface area contributed by atoms with Crippen LogP contribution in [0.1, 0.15) is 43.2 Å². The van der Waals surface area contributed by atoms with Crippen molar-refractivity contribution in [3.63, 3.8) is 0 Å². The van der Waals surface area contributed by atoms with Gasteiger partial charge in [-0.15, -0.1) is 0 Å². The second-order valence-corrected chi connectivity index (χ2v) is 7.21. The van der Waals surface area contributed by atoms with E-state index in [1.165, 1.54) is 18.5 Å². The molecule has 0 spiro atoms. The molecule has 0 atom stereocenters. The zero-order chi connectivity index (χ0) is 24.5. The molecule has 9 heteroatoms. The van der Waals surface area contributed by atoms with E-state index in [1.54, 1.807) is 40.2 Å². The summed E-state index contributed by atoms with van der Waals surface area (Å²) in [4.78, 5) is 29.7. The fraction of sp³-hybridized carbons (Fsp3) is 0.160. The van der Waals surface area contributed by atoms with Crippen molar-refractivity contribution in [1.29, 1.82) is 0 Å². The number of aromatic nitrogens is 1. The van der Waals surface area contributed by atoms with Gasteiger partial charge in [0.05, 0.1) is 49.2 Å². The maximum absolute atomic E-state index is 12.7. The molecular weight excluding hydrogens is 434 g/mol. The Morgan fingerprint density at radius 2 is 1.21 bits per heavy atom. The number of hydrogen-bond acceptors (Lipinski definition) is 7. The second-order valence-electron chi connectivity index (χ2n) is 7.21. The van der Waals surface area contributed by atoms with Gasteiger partial charge in [-0.2, -0.15) is 10.2 Å². The molecule has 0 radical (unpaired) electrons. The van der Waals surface area contributed by atoms with E-state index >= 15 is 0 Å². The second kappa shape index (κ2) is 11.4. The third-order valence-corrected chi connectivity index (χ3v) is 4.84. The Morgan fingerprint density at radius 1 is 0.765 bits per heavy atom. The molecule has 2 aromatic carbocycles. The van der Waals surface area contributed by atoms with Crippen molar-refractivity contribution in [1.82, 2.24) is 15.8 Å². The summed E-state index contributed by atoms with van der Waals surface area (Å²) in [5, 5.41) is 7.97. The molecule has 3 rings (SSSR count). The number of rotatable bonds is 8. The van der Waals surface area contributed by atoms with Crippen LogP contribution in [0.3, 0.4) is 0 Å². The first-order valence-electron chi connectivity index (χ1n) is 10.3. The van der Waals surface area contributed by atoms with Gasteiger partial charge in [-0.05, 0) is 55.3 Å². The van der Waals surface area contributed by atoms with Crippen molar-refractivity contribution in [3.8, 4) is 11.5 Å². The molecule has 1 aromatic heterocycles. The lowest BCUT2D eigenvalue weighted by molar-refractivity contribution is 0.0954. The normalized spacial score (nSPS) is 10.9. The van der Waals surface area contributed by atoms with Gasteiger partial charge in [-0.3, -0.25) is 14.6 Å². The number of nitrogens with one attached hydrogen (secondary N) is 2. The molecular formula is C25H25N5O4. The fourth-order valence-corrected chi connectivity index (χ4v) is 3.08. The molecule has 34 heavy (non-hydrogen) atoms. The number of carbonyl (C=O) groups is 2. The van der Waals surface area contributed by atoms with Gasteiger partial charge in [0, 0.05) is 0 Å². The highest BCUT2D eigenvalue weighted by atomic mass is 16.5. The molecule has 2 N–H and O–H groups in total. The molecule has 3 aromatic rings. The van der Waals surface area contributed by atoms with Crippen LogP contribution in [0, 0.1) is 13.8 Å². The smallest absolute Gasteiger partial charge is 0.273 e. The standard InChI is InChI=1S/C25H25N5O4/c1-16-22(24(31)29-26-14-18-7-5-9-20(11-18)33-3)13-23(17(2)28-16)25(32)30-27-15-19-8-6-10-21(12-19)34-4/h5-15H,1-4H3,(H,29,31)(H,30,32). The van der Waals surface area contributed by atoms with E-state index in [1.807, 2.05) is 36.4 Å². The monoisotopic (exact) mass is 459 g/mol. The molecule has 9 nitrogen and oxygen atoms in total. The van der Waals surface area contributed by atoms with Gasteiger partial charge in [0.2, 0.25) is 0 Å². The number of aryl methyl sites for hydroxylation is 2. The lowest BCUT2D eigenvalue weighted by Crippen LogP contribution is -2.23. The minimum absolute atomic E-state index is 0.232. The van der Waals surface area contributed by atoms with Crippen molar-refractivity contribution >= 4 is 24.2 Å². The quantitative estimate of drug-likeness (QED) is 0.396. The van der Waals surface area contributed by atoms with Crippen LogP contribution in [0.4, 0.5) is 0 Å². The van der Waals surface area contributed by atoms with Gasteiger partial charge in [-0.1, -0.05) is 24.3 Å². The van der Waals surface area contributed by atoms with E-state index < -0.39 is 11.8 Å². The predicted molar refractivity (Wildman–Crippen MR) is 130 cm³/mol. The Morgan fingerprint density at radius 3 is 1.62 bits per heavy atom. The average molecular weight is 460 g/mol. The maximum atomic E-state index is 12.7. The third kappa shape index (κ3) is 6.26. The van der Waals surface area contributed by atoms with Crippen LogP contribution in [0.2, 0.25) is 0 Å². The Labute approximate surface area is 197 Å². The van der Waals surface area contributed by atoms with E-state index in [9.17, 15) is 9.59 Å². The van der Waals surface area contributed by atoms with Crippen molar-refractivity contribution in [2.75, 3.05) is 14.2 Å². The van der Waals surface area contributed by atoms with Gasteiger partial charge in [-0.25, -0.2) is 10.9 Å². The van der Waals surface area contributed by atoms with Crippen LogP contribution >= 0.6 is 0 Å².